The van der Waals surface area contributed by atoms with Crippen LogP contribution in [0.5, 0.6) is 0 Å². The smallest absolute Gasteiger partial charge is 0.312 e. The van der Waals surface area contributed by atoms with Gasteiger partial charge >= 0.3 is 5.82 Å². The maximum atomic E-state index is 8.81. The molecule has 0 bridgehead atoms. The zero-order chi connectivity index (χ0) is 6.85. The van der Waals surface area contributed by atoms with Crippen LogP contribution in [-0.2, 0) is 0 Å². The third-order valence-electron chi connectivity index (χ3n) is 0.925. The van der Waals surface area contributed by atoms with Crippen molar-refractivity contribution in [2.45, 2.75) is 0 Å². The minimum atomic E-state index is 0.310. The Kier molecular flexibility index (Phi) is 1.57. The number of halogens is 1. The van der Waals surface area contributed by atoms with E-state index in [1.54, 1.807) is 12.1 Å². The van der Waals surface area contributed by atoms with E-state index >= 15 is 0 Å². The Hall–Kier alpha value is -0.770. The van der Waals surface area contributed by atoms with Gasteiger partial charge < -0.3 is 5.21 Å². The quantitative estimate of drug-likeness (QED) is 0.463. The molecule has 1 aromatic rings. The molecular weight excluding hydrogens is 184 g/mol. The lowest BCUT2D eigenvalue weighted by molar-refractivity contribution is -0.893. The SMILES string of the molecule is Nc1cc(Br)cc[n+]1O. The van der Waals surface area contributed by atoms with E-state index < -0.39 is 0 Å². The van der Waals surface area contributed by atoms with E-state index in [4.69, 9.17) is 10.9 Å². The molecule has 0 aromatic carbocycles. The molecule has 0 unspecified atom stereocenters. The number of rotatable bonds is 0. The molecule has 0 amide bonds. The molecule has 0 aliphatic heterocycles. The molecule has 1 heterocycles. The highest BCUT2D eigenvalue weighted by Gasteiger charge is 1.99. The van der Waals surface area contributed by atoms with E-state index in [1.165, 1.54) is 6.20 Å². The minimum absolute atomic E-state index is 0.310. The van der Waals surface area contributed by atoms with Gasteiger partial charge in [0.25, 0.3) is 0 Å². The topological polar surface area (TPSA) is 50.1 Å². The second-order valence-electron chi connectivity index (χ2n) is 1.61. The average Bonchev–Trinajstić information content (AvgIpc) is 1.80. The largest absolute Gasteiger partial charge is 0.350 e. The van der Waals surface area contributed by atoms with E-state index in [0.29, 0.717) is 5.82 Å². The first-order chi connectivity index (χ1) is 4.20. The van der Waals surface area contributed by atoms with Gasteiger partial charge in [0.1, 0.15) is 6.20 Å². The van der Waals surface area contributed by atoms with Gasteiger partial charge in [0.15, 0.2) is 0 Å². The van der Waals surface area contributed by atoms with Crippen LogP contribution in [0.15, 0.2) is 22.8 Å². The summed E-state index contributed by atoms with van der Waals surface area (Å²) in [5.74, 6) is 0.310. The summed E-state index contributed by atoms with van der Waals surface area (Å²) in [6.07, 6.45) is 1.46. The summed E-state index contributed by atoms with van der Waals surface area (Å²) in [5.41, 5.74) is 5.30. The lowest BCUT2D eigenvalue weighted by Crippen LogP contribution is -2.32. The number of anilines is 1. The van der Waals surface area contributed by atoms with Gasteiger partial charge in [-0.15, -0.1) is 0 Å². The van der Waals surface area contributed by atoms with Crippen LogP contribution in [0.3, 0.4) is 0 Å². The van der Waals surface area contributed by atoms with Crippen molar-refractivity contribution in [2.24, 2.45) is 0 Å². The molecule has 1 aromatic heterocycles. The lowest BCUT2D eigenvalue weighted by atomic mass is 10.5. The van der Waals surface area contributed by atoms with Crippen molar-refractivity contribution in [3.63, 3.8) is 0 Å². The zero-order valence-corrected chi connectivity index (χ0v) is 6.17. The second-order valence-corrected chi connectivity index (χ2v) is 2.53. The number of hydrogen-bond donors (Lipinski definition) is 2. The van der Waals surface area contributed by atoms with Crippen LogP contribution in [0.4, 0.5) is 5.82 Å². The number of pyridine rings is 1. The lowest BCUT2D eigenvalue weighted by Gasteiger charge is -1.90. The maximum Gasteiger partial charge on any atom is 0.312 e. The Morgan fingerprint density at radius 1 is 1.67 bits per heavy atom. The molecule has 0 atom stereocenters. The number of hydrogen-bond acceptors (Lipinski definition) is 2. The Balaban J connectivity index is 3.17. The van der Waals surface area contributed by atoms with Crippen LogP contribution in [0.2, 0.25) is 0 Å². The molecular formula is C5H6BrN2O+. The highest BCUT2D eigenvalue weighted by molar-refractivity contribution is 9.10. The first-order valence-electron chi connectivity index (χ1n) is 2.36. The number of nitrogens with two attached hydrogens (primary N) is 1. The normalized spacial score (nSPS) is 9.44. The van der Waals surface area contributed by atoms with E-state index in [2.05, 4.69) is 15.9 Å². The average molecular weight is 190 g/mol. The summed E-state index contributed by atoms with van der Waals surface area (Å²) in [4.78, 5) is 0. The fraction of sp³-hybridized carbons (Fsp3) is 0. The summed E-state index contributed by atoms with van der Waals surface area (Å²) in [5, 5.41) is 8.81. The molecule has 4 heteroatoms. The summed E-state index contributed by atoms with van der Waals surface area (Å²) < 4.78 is 1.70. The molecule has 0 saturated carbocycles. The number of aromatic nitrogens is 1. The number of nitrogen functional groups attached to an aromatic ring is 1. The third-order valence-corrected chi connectivity index (χ3v) is 1.42. The van der Waals surface area contributed by atoms with E-state index in [1.807, 2.05) is 0 Å². The third kappa shape index (κ3) is 1.32. The molecule has 48 valence electrons. The molecule has 0 spiro atoms. The zero-order valence-electron chi connectivity index (χ0n) is 4.58. The number of nitrogens with zero attached hydrogens (tertiary/aromatic N) is 1. The predicted molar refractivity (Wildman–Crippen MR) is 35.9 cm³/mol. The van der Waals surface area contributed by atoms with Crippen LogP contribution < -0.4 is 10.5 Å². The molecule has 9 heavy (non-hydrogen) atoms. The van der Waals surface area contributed by atoms with Crippen molar-refractivity contribution in [3.05, 3.63) is 22.8 Å². The van der Waals surface area contributed by atoms with Crippen LogP contribution in [0.1, 0.15) is 0 Å². The summed E-state index contributed by atoms with van der Waals surface area (Å²) in [6, 6.07) is 3.30. The fourth-order valence-corrected chi connectivity index (χ4v) is 0.836. The van der Waals surface area contributed by atoms with Gasteiger partial charge in [0.2, 0.25) is 0 Å². The van der Waals surface area contributed by atoms with E-state index in [-0.39, 0.29) is 0 Å². The minimum Gasteiger partial charge on any atom is -0.350 e. The molecule has 3 N–H and O–H groups in total. The van der Waals surface area contributed by atoms with Crippen LogP contribution >= 0.6 is 15.9 Å². The van der Waals surface area contributed by atoms with Gasteiger partial charge in [-0.3, -0.25) is 5.73 Å². The van der Waals surface area contributed by atoms with E-state index in [0.717, 1.165) is 9.20 Å². The molecule has 0 saturated heterocycles. The van der Waals surface area contributed by atoms with Gasteiger partial charge in [0, 0.05) is 10.5 Å². The van der Waals surface area contributed by atoms with Crippen molar-refractivity contribution in [1.29, 1.82) is 0 Å². The van der Waals surface area contributed by atoms with Gasteiger partial charge in [0.05, 0.1) is 0 Å². The molecule has 1 rings (SSSR count). The summed E-state index contributed by atoms with van der Waals surface area (Å²) in [6.45, 7) is 0. The van der Waals surface area contributed by atoms with Gasteiger partial charge in [-0.05, 0) is 6.07 Å². The Morgan fingerprint density at radius 3 is 2.78 bits per heavy atom. The van der Waals surface area contributed by atoms with Gasteiger partial charge in [-0.1, -0.05) is 20.7 Å². The Bertz CT molecular complexity index is 226. The maximum absolute atomic E-state index is 8.81. The molecule has 0 aliphatic rings. The monoisotopic (exact) mass is 189 g/mol. The van der Waals surface area contributed by atoms with Gasteiger partial charge in [-0.25, -0.2) is 0 Å². The Morgan fingerprint density at radius 2 is 2.33 bits per heavy atom. The summed E-state index contributed by atoms with van der Waals surface area (Å²) in [7, 11) is 0. The Labute approximate surface area is 60.8 Å². The molecule has 0 aliphatic carbocycles. The highest BCUT2D eigenvalue weighted by atomic mass is 79.9. The van der Waals surface area contributed by atoms with Gasteiger partial charge in [-0.2, -0.15) is 0 Å². The standard InChI is InChI=1S/C5H5BrN2O/c6-4-1-2-8(9)5(7)3-4/h1-3,7,9H/p+1. The molecule has 0 fully saturated rings. The molecule has 0 radical (unpaired) electrons. The van der Waals surface area contributed by atoms with Crippen LogP contribution in [-0.4, -0.2) is 5.21 Å². The highest BCUT2D eigenvalue weighted by Crippen LogP contribution is 2.07. The molecule has 3 nitrogen and oxygen atoms in total. The first kappa shape index (κ1) is 6.35. The van der Waals surface area contributed by atoms with Crippen LogP contribution in [0.25, 0.3) is 0 Å². The van der Waals surface area contributed by atoms with Crippen molar-refractivity contribution in [2.75, 3.05) is 5.73 Å². The fourth-order valence-electron chi connectivity index (χ4n) is 0.483. The predicted octanol–water partition coefficient (Wildman–Crippen LogP) is 0.556. The van der Waals surface area contributed by atoms with E-state index in [9.17, 15) is 0 Å². The van der Waals surface area contributed by atoms with Crippen molar-refractivity contribution in [1.82, 2.24) is 0 Å². The second kappa shape index (κ2) is 2.23. The van der Waals surface area contributed by atoms with Crippen LogP contribution in [0, 0.1) is 0 Å². The van der Waals surface area contributed by atoms with Crippen molar-refractivity contribution < 1.29 is 9.94 Å². The first-order valence-corrected chi connectivity index (χ1v) is 3.15. The van der Waals surface area contributed by atoms with Crippen molar-refractivity contribution >= 4 is 21.7 Å². The van der Waals surface area contributed by atoms with Crippen molar-refractivity contribution in [3.8, 4) is 0 Å². The summed E-state index contributed by atoms with van der Waals surface area (Å²) >= 11 is 3.19.